The zero-order chi connectivity index (χ0) is 19.3. The summed E-state index contributed by atoms with van der Waals surface area (Å²) < 4.78 is 5.56. The van der Waals surface area contributed by atoms with Crippen molar-refractivity contribution >= 4 is 23.5 Å². The third kappa shape index (κ3) is 4.28. The molecule has 1 atom stereocenters. The number of rotatable bonds is 6. The number of amides is 1. The van der Waals surface area contributed by atoms with Crippen molar-refractivity contribution in [3.05, 3.63) is 16.7 Å². The molecule has 1 aliphatic carbocycles. The molecule has 2 saturated heterocycles. The second-order valence-corrected chi connectivity index (χ2v) is 8.86. The molecule has 4 rings (SSSR count). The van der Waals surface area contributed by atoms with Crippen molar-refractivity contribution in [1.82, 2.24) is 5.32 Å². The zero-order valence-electron chi connectivity index (χ0n) is 16.4. The molecule has 1 aromatic rings. The van der Waals surface area contributed by atoms with Gasteiger partial charge in [-0.3, -0.25) is 9.69 Å². The topological polar surface area (TPSA) is 79.5 Å². The molecule has 0 saturated carbocycles. The lowest BCUT2D eigenvalue weighted by Gasteiger charge is -2.22. The number of aromatic amines is 1. The molecule has 0 unspecified atom stereocenters. The van der Waals surface area contributed by atoms with Gasteiger partial charge in [-0.1, -0.05) is 11.8 Å². The predicted octanol–water partition coefficient (Wildman–Crippen LogP) is 2.24. The van der Waals surface area contributed by atoms with Gasteiger partial charge in [0.05, 0.1) is 24.9 Å². The van der Waals surface area contributed by atoms with Crippen LogP contribution in [0.4, 0.5) is 5.82 Å². The van der Waals surface area contributed by atoms with E-state index < -0.39 is 0 Å². The van der Waals surface area contributed by atoms with Crippen molar-refractivity contribution in [1.29, 1.82) is 5.26 Å². The fraction of sp³-hybridized carbons (Fsp3) is 0.667. The second-order valence-electron chi connectivity index (χ2n) is 7.88. The first kappa shape index (κ1) is 19.5. The molecule has 0 bridgehead atoms. The van der Waals surface area contributed by atoms with Crippen molar-refractivity contribution in [3.8, 4) is 6.07 Å². The van der Waals surface area contributed by atoms with Gasteiger partial charge in [-0.15, -0.1) is 0 Å². The van der Waals surface area contributed by atoms with Crippen molar-refractivity contribution in [2.24, 2.45) is 0 Å². The Kier molecular flexibility index (Phi) is 6.38. The van der Waals surface area contributed by atoms with Crippen molar-refractivity contribution < 1.29 is 14.5 Å². The molecule has 6 nitrogen and oxygen atoms in total. The summed E-state index contributed by atoms with van der Waals surface area (Å²) in [6.45, 7) is 3.52. The molecule has 1 aromatic heterocycles. The van der Waals surface area contributed by atoms with Crippen LogP contribution in [0.5, 0.6) is 0 Å². The second kappa shape index (κ2) is 9.15. The molecular weight excluding hydrogens is 372 g/mol. The monoisotopic (exact) mass is 401 g/mol. The average Bonchev–Trinajstić information content (AvgIpc) is 3.44. The number of aromatic nitrogens is 1. The Balaban J connectivity index is 1.49. The molecule has 28 heavy (non-hydrogen) atoms. The van der Waals surface area contributed by atoms with Crippen LogP contribution in [0.2, 0.25) is 0 Å². The highest BCUT2D eigenvalue weighted by Crippen LogP contribution is 2.34. The molecule has 150 valence electrons. The first-order chi connectivity index (χ1) is 13.8. The van der Waals surface area contributed by atoms with E-state index in [0.717, 1.165) is 62.4 Å². The Labute approximate surface area is 171 Å². The van der Waals surface area contributed by atoms with Gasteiger partial charge in [0.15, 0.2) is 5.03 Å². The minimum absolute atomic E-state index is 0.00164. The lowest BCUT2D eigenvalue weighted by Crippen LogP contribution is -2.34. The van der Waals surface area contributed by atoms with E-state index in [-0.39, 0.29) is 12.0 Å². The van der Waals surface area contributed by atoms with Gasteiger partial charge < -0.3 is 10.1 Å². The molecule has 0 aromatic carbocycles. The number of nitriles is 1. The summed E-state index contributed by atoms with van der Waals surface area (Å²) in [5.74, 6) is 1.50. The number of H-pyrrole nitrogens is 1. The normalized spacial score (nSPS) is 21.4. The van der Waals surface area contributed by atoms with E-state index in [9.17, 15) is 10.1 Å². The summed E-state index contributed by atoms with van der Waals surface area (Å²) in [5.41, 5.74) is 3.28. The maximum Gasteiger partial charge on any atom is 0.278 e. The molecule has 0 radical (unpaired) electrons. The van der Waals surface area contributed by atoms with E-state index in [4.69, 9.17) is 4.74 Å². The van der Waals surface area contributed by atoms with Crippen LogP contribution in [-0.4, -0.2) is 44.0 Å². The molecule has 2 fully saturated rings. The van der Waals surface area contributed by atoms with Gasteiger partial charge in [-0.05, 0) is 56.9 Å². The number of carbonyl (C=O) groups excluding carboxylic acids is 1. The van der Waals surface area contributed by atoms with Crippen LogP contribution in [0.25, 0.3) is 0 Å². The van der Waals surface area contributed by atoms with Gasteiger partial charge in [0.25, 0.3) is 5.82 Å². The first-order valence-electron chi connectivity index (χ1n) is 10.5. The minimum atomic E-state index is -0.00164. The lowest BCUT2D eigenvalue weighted by atomic mass is 9.89. The van der Waals surface area contributed by atoms with Gasteiger partial charge in [-0.25, -0.2) is 4.98 Å². The summed E-state index contributed by atoms with van der Waals surface area (Å²) in [4.78, 5) is 18.3. The third-order valence-electron chi connectivity index (χ3n) is 5.95. The highest BCUT2D eigenvalue weighted by Gasteiger charge is 2.31. The summed E-state index contributed by atoms with van der Waals surface area (Å²) >= 11 is 1.45. The maximum atomic E-state index is 12.3. The summed E-state index contributed by atoms with van der Waals surface area (Å²) in [7, 11) is 0. The highest BCUT2D eigenvalue weighted by atomic mass is 32.2. The summed E-state index contributed by atoms with van der Waals surface area (Å²) in [6.07, 6.45) is 9.01. The van der Waals surface area contributed by atoms with E-state index in [1.54, 1.807) is 0 Å². The summed E-state index contributed by atoms with van der Waals surface area (Å²) in [5, 5.41) is 13.6. The zero-order valence-corrected chi connectivity index (χ0v) is 17.2. The smallest absolute Gasteiger partial charge is 0.278 e. The molecule has 2 aliphatic heterocycles. The molecule has 3 heterocycles. The number of hydrogen-bond donors (Lipinski definition) is 1. The Morgan fingerprint density at radius 3 is 2.71 bits per heavy atom. The number of carbonyl (C=O) groups is 1. The molecule has 7 heteroatoms. The Morgan fingerprint density at radius 2 is 2.00 bits per heavy atom. The molecule has 0 spiro atoms. The molecule has 3 aliphatic rings. The quantitative estimate of drug-likeness (QED) is 0.740. The van der Waals surface area contributed by atoms with Crippen LogP contribution in [-0.2, 0) is 22.4 Å². The number of anilines is 1. The number of hydrogen-bond acceptors (Lipinski definition) is 5. The van der Waals surface area contributed by atoms with Crippen LogP contribution >= 0.6 is 11.8 Å². The van der Waals surface area contributed by atoms with Crippen molar-refractivity contribution in [2.45, 2.75) is 62.5 Å². The average molecular weight is 402 g/mol. The van der Waals surface area contributed by atoms with Gasteiger partial charge in [-0.2, -0.15) is 5.26 Å². The SMILES string of the molecule is N#Cc1c(SCC(=O)NC[C@H]2CCCO2)[nH+]c(N2CCCC2)c2c1CCCC2. The van der Waals surface area contributed by atoms with Crippen LogP contribution < -0.4 is 15.2 Å². The third-order valence-corrected chi connectivity index (χ3v) is 6.95. The van der Waals surface area contributed by atoms with Gasteiger partial charge in [0.2, 0.25) is 5.91 Å². The predicted molar refractivity (Wildman–Crippen MR) is 109 cm³/mol. The minimum Gasteiger partial charge on any atom is -0.376 e. The fourth-order valence-electron chi connectivity index (χ4n) is 4.48. The number of thioether (sulfide) groups is 1. The van der Waals surface area contributed by atoms with Gasteiger partial charge in [0.1, 0.15) is 11.6 Å². The fourth-order valence-corrected chi connectivity index (χ4v) is 5.34. The lowest BCUT2D eigenvalue weighted by molar-refractivity contribution is -0.414. The van der Waals surface area contributed by atoms with Crippen LogP contribution in [0.1, 0.15) is 55.2 Å². The maximum absolute atomic E-state index is 12.3. The van der Waals surface area contributed by atoms with E-state index in [2.05, 4.69) is 21.3 Å². The van der Waals surface area contributed by atoms with Gasteiger partial charge >= 0.3 is 0 Å². The summed E-state index contributed by atoms with van der Waals surface area (Å²) in [6, 6.07) is 2.42. The molecular formula is C21H29N4O2S+. The Bertz CT molecular complexity index is 765. The number of nitrogens with one attached hydrogen (secondary N) is 2. The number of pyridine rings is 1. The largest absolute Gasteiger partial charge is 0.376 e. The van der Waals surface area contributed by atoms with Crippen molar-refractivity contribution in [2.75, 3.05) is 36.9 Å². The number of nitrogens with zero attached hydrogens (tertiary/aromatic N) is 2. The standard InChI is InChI=1S/C21H28N4O2S/c22-12-18-16-7-1-2-8-17(16)20(25-9-3-4-10-25)24-21(18)28-14-19(26)23-13-15-6-5-11-27-15/h15H,1-11,13-14H2,(H,23,26)/p+1/t15-/m1/s1. The van der Waals surface area contributed by atoms with Crippen LogP contribution in [0.15, 0.2) is 5.03 Å². The van der Waals surface area contributed by atoms with E-state index in [1.165, 1.54) is 48.0 Å². The highest BCUT2D eigenvalue weighted by molar-refractivity contribution is 7.99. The van der Waals surface area contributed by atoms with E-state index >= 15 is 0 Å². The molecule has 2 N–H and O–H groups in total. The number of fused-ring (bicyclic) bond motifs is 1. The Hall–Kier alpha value is -1.78. The first-order valence-corrected chi connectivity index (χ1v) is 11.5. The van der Waals surface area contributed by atoms with Crippen LogP contribution in [0, 0.1) is 11.3 Å². The Morgan fingerprint density at radius 1 is 1.21 bits per heavy atom. The van der Waals surface area contributed by atoms with Crippen molar-refractivity contribution in [3.63, 3.8) is 0 Å². The van der Waals surface area contributed by atoms with Crippen LogP contribution in [0.3, 0.4) is 0 Å². The molecule has 1 amide bonds. The number of ether oxygens (including phenoxy) is 1. The van der Waals surface area contributed by atoms with E-state index in [0.29, 0.717) is 12.3 Å². The van der Waals surface area contributed by atoms with Gasteiger partial charge in [0, 0.05) is 18.7 Å². The van der Waals surface area contributed by atoms with E-state index in [1.807, 2.05) is 0 Å².